The van der Waals surface area contributed by atoms with E-state index in [2.05, 4.69) is 21.9 Å². The Morgan fingerprint density at radius 1 is 0.439 bits per heavy atom. The number of anilines is 8. The van der Waals surface area contributed by atoms with Crippen LogP contribution in [0.5, 0.6) is 0 Å². The van der Waals surface area contributed by atoms with Crippen LogP contribution in [-0.2, 0) is 0 Å². The smallest absolute Gasteiger partial charge is 0.231 e. The Kier molecular flexibility index (Phi) is 5.78. The molecule has 41 heavy (non-hydrogen) atoms. The summed E-state index contributed by atoms with van der Waals surface area (Å²) < 4.78 is 6.36. The van der Waals surface area contributed by atoms with Crippen molar-refractivity contribution in [1.82, 2.24) is 19.9 Å². The van der Waals surface area contributed by atoms with Gasteiger partial charge < -0.3 is 24.0 Å². The van der Waals surface area contributed by atoms with Gasteiger partial charge in [-0.15, -0.1) is 0 Å². The van der Waals surface area contributed by atoms with Crippen LogP contribution >= 0.6 is 0 Å². The number of aromatic nitrogens is 4. The van der Waals surface area contributed by atoms with Crippen LogP contribution in [0.2, 0.25) is 0 Å². The fraction of sp³-hybridized carbons (Fsp3) is 0.125. The molecular weight excluding hydrogens is 512 g/mol. The van der Waals surface area contributed by atoms with E-state index in [-0.39, 0.29) is 0 Å². The minimum absolute atomic E-state index is 0.525. The molecule has 6 aromatic rings. The van der Waals surface area contributed by atoms with Crippen molar-refractivity contribution < 1.29 is 4.42 Å². The van der Waals surface area contributed by atoms with E-state index in [1.165, 1.54) is 0 Å². The zero-order chi connectivity index (χ0) is 28.1. The summed E-state index contributed by atoms with van der Waals surface area (Å²) in [5.41, 5.74) is 4.16. The minimum Gasteiger partial charge on any atom is -0.436 e. The summed E-state index contributed by atoms with van der Waals surface area (Å²) in [4.78, 5) is 28.0. The second-order valence-corrected chi connectivity index (χ2v) is 9.96. The van der Waals surface area contributed by atoms with E-state index in [9.17, 15) is 0 Å². The van der Waals surface area contributed by atoms with Gasteiger partial charge in [-0.1, -0.05) is 36.4 Å². The zero-order valence-electron chi connectivity index (χ0n) is 23.2. The van der Waals surface area contributed by atoms with Crippen LogP contribution in [0, 0.1) is 0 Å². The molecule has 4 aromatic heterocycles. The Balaban J connectivity index is 1.50. The van der Waals surface area contributed by atoms with Gasteiger partial charge in [0.1, 0.15) is 40.4 Å². The lowest BCUT2D eigenvalue weighted by molar-refractivity contribution is 0.620. The quantitative estimate of drug-likeness (QED) is 0.218. The summed E-state index contributed by atoms with van der Waals surface area (Å²) in [6, 6.07) is 31.9. The Hall–Kier alpha value is -5.44. The first kappa shape index (κ1) is 24.6. The topological polar surface area (TPSA) is 77.7 Å². The van der Waals surface area contributed by atoms with Crippen molar-refractivity contribution in [3.8, 4) is 11.5 Å². The Labute approximate surface area is 238 Å². The van der Waals surface area contributed by atoms with Crippen LogP contribution in [0.4, 0.5) is 46.3 Å². The number of rotatable bonds is 1. The molecule has 0 amide bonds. The molecule has 2 aromatic carbocycles. The van der Waals surface area contributed by atoms with E-state index < -0.39 is 0 Å². The monoisotopic (exact) mass is 540 g/mol. The van der Waals surface area contributed by atoms with Crippen LogP contribution in [0.25, 0.3) is 22.6 Å². The van der Waals surface area contributed by atoms with E-state index in [1.807, 2.05) is 123 Å². The Morgan fingerprint density at radius 2 is 0.854 bits per heavy atom. The average molecular weight is 541 g/mol. The van der Waals surface area contributed by atoms with E-state index in [1.54, 1.807) is 0 Å². The van der Waals surface area contributed by atoms with Gasteiger partial charge in [-0.2, -0.15) is 0 Å². The molecule has 0 radical (unpaired) electrons. The van der Waals surface area contributed by atoms with E-state index in [0.717, 1.165) is 62.9 Å². The van der Waals surface area contributed by atoms with Gasteiger partial charge in [0, 0.05) is 28.2 Å². The van der Waals surface area contributed by atoms with Crippen LogP contribution < -0.4 is 19.6 Å². The van der Waals surface area contributed by atoms with Gasteiger partial charge in [0.15, 0.2) is 5.58 Å². The van der Waals surface area contributed by atoms with Gasteiger partial charge >= 0.3 is 0 Å². The fourth-order valence-electron chi connectivity index (χ4n) is 5.12. The lowest BCUT2D eigenvalue weighted by Crippen LogP contribution is -2.20. The van der Waals surface area contributed by atoms with Gasteiger partial charge in [-0.25, -0.2) is 19.9 Å². The zero-order valence-corrected chi connectivity index (χ0v) is 23.2. The van der Waals surface area contributed by atoms with Crippen molar-refractivity contribution in [2.75, 3.05) is 47.8 Å². The average Bonchev–Trinajstić information content (AvgIpc) is 3.47. The van der Waals surface area contributed by atoms with Crippen LogP contribution in [0.15, 0.2) is 101 Å². The lowest BCUT2D eigenvalue weighted by atomic mass is 10.1. The molecule has 0 N–H and O–H groups in total. The number of fused-ring (bicyclic) bond motifs is 9. The first-order valence-electron chi connectivity index (χ1n) is 13.3. The lowest BCUT2D eigenvalue weighted by Gasteiger charge is -2.28. The number of nitrogens with zero attached hydrogens (tertiary/aromatic N) is 8. The second-order valence-electron chi connectivity index (χ2n) is 9.96. The standard InChI is InChI=1S/C32H28N8O/c1-37-22-12-7-13-23(31(22)32-33-21-11-5-6-14-24(21)41-32)38(2)26-16-9-18-28(35-26)40(4)30-20-10-19-29(36-30)39(3)27-17-8-15-25(37)34-27/h5-20H,1-4H3. The number of oxazole rings is 1. The highest BCUT2D eigenvalue weighted by atomic mass is 16.3. The molecule has 0 spiro atoms. The van der Waals surface area contributed by atoms with E-state index in [0.29, 0.717) is 5.89 Å². The summed E-state index contributed by atoms with van der Waals surface area (Å²) in [5.74, 6) is 5.15. The SMILES string of the molecule is CN1c2cccc(n2)N(C)c2cccc(n2)N(C)c2cccc(c2-c2nc3ccccc3o2)N(C)c2cccc1n2. The minimum atomic E-state index is 0.525. The molecule has 8 bridgehead atoms. The third-order valence-corrected chi connectivity index (χ3v) is 7.47. The molecule has 9 nitrogen and oxygen atoms in total. The first-order chi connectivity index (χ1) is 20.0. The molecule has 0 atom stereocenters. The number of para-hydroxylation sites is 2. The van der Waals surface area contributed by atoms with Crippen molar-refractivity contribution >= 4 is 57.4 Å². The van der Waals surface area contributed by atoms with Gasteiger partial charge in [0.05, 0.1) is 16.9 Å². The molecule has 0 unspecified atom stereocenters. The van der Waals surface area contributed by atoms with Crippen molar-refractivity contribution in [1.29, 1.82) is 0 Å². The molecule has 5 heterocycles. The van der Waals surface area contributed by atoms with Crippen molar-refractivity contribution in [3.05, 3.63) is 97.1 Å². The highest BCUT2D eigenvalue weighted by Gasteiger charge is 2.24. The fourth-order valence-corrected chi connectivity index (χ4v) is 5.12. The molecule has 0 saturated heterocycles. The molecule has 7 rings (SSSR count). The Bertz CT molecular complexity index is 1770. The maximum atomic E-state index is 6.36. The second kappa shape index (κ2) is 9.63. The number of pyridine rings is 3. The molecule has 1 aliphatic rings. The maximum Gasteiger partial charge on any atom is 0.231 e. The van der Waals surface area contributed by atoms with Crippen molar-refractivity contribution in [2.45, 2.75) is 0 Å². The normalized spacial score (nSPS) is 13.2. The molecule has 0 aliphatic carbocycles. The van der Waals surface area contributed by atoms with Gasteiger partial charge in [-0.3, -0.25) is 0 Å². The summed E-state index contributed by atoms with van der Waals surface area (Å²) in [7, 11) is 7.96. The Morgan fingerprint density at radius 3 is 1.32 bits per heavy atom. The molecule has 0 fully saturated rings. The van der Waals surface area contributed by atoms with Crippen molar-refractivity contribution in [2.24, 2.45) is 0 Å². The maximum absolute atomic E-state index is 6.36. The molecular formula is C32H28N8O. The van der Waals surface area contributed by atoms with Crippen LogP contribution in [-0.4, -0.2) is 48.1 Å². The molecule has 9 heteroatoms. The van der Waals surface area contributed by atoms with E-state index >= 15 is 0 Å². The highest BCUT2D eigenvalue weighted by Crippen LogP contribution is 2.43. The van der Waals surface area contributed by atoms with Crippen LogP contribution in [0.1, 0.15) is 0 Å². The van der Waals surface area contributed by atoms with Gasteiger partial charge in [-0.05, 0) is 60.7 Å². The number of hydrogen-bond acceptors (Lipinski definition) is 9. The summed E-state index contributed by atoms with van der Waals surface area (Å²) >= 11 is 0. The largest absolute Gasteiger partial charge is 0.436 e. The van der Waals surface area contributed by atoms with Crippen molar-refractivity contribution in [3.63, 3.8) is 0 Å². The van der Waals surface area contributed by atoms with E-state index in [4.69, 9.17) is 24.4 Å². The molecule has 1 aliphatic heterocycles. The summed E-state index contributed by atoms with van der Waals surface area (Å²) in [5, 5.41) is 0. The predicted molar refractivity (Wildman–Crippen MR) is 164 cm³/mol. The summed E-state index contributed by atoms with van der Waals surface area (Å²) in [6.45, 7) is 0. The van der Waals surface area contributed by atoms with Gasteiger partial charge in [0.25, 0.3) is 0 Å². The molecule has 202 valence electrons. The number of hydrogen-bond donors (Lipinski definition) is 0. The predicted octanol–water partition coefficient (Wildman–Crippen LogP) is 7.06. The van der Waals surface area contributed by atoms with Gasteiger partial charge in [0.2, 0.25) is 5.89 Å². The summed E-state index contributed by atoms with van der Waals surface area (Å²) in [6.07, 6.45) is 0. The third kappa shape index (κ3) is 4.19. The first-order valence-corrected chi connectivity index (χ1v) is 13.3. The van der Waals surface area contributed by atoms with Crippen LogP contribution in [0.3, 0.4) is 0 Å². The molecule has 0 saturated carbocycles. The third-order valence-electron chi connectivity index (χ3n) is 7.47. The highest BCUT2D eigenvalue weighted by molar-refractivity contribution is 5.92. The number of benzene rings is 2.